The monoisotopic (exact) mass is 169 g/mol. The fourth-order valence-electron chi connectivity index (χ4n) is 0.684. The lowest BCUT2D eigenvalue weighted by molar-refractivity contribution is -0.136. The Balaban J connectivity index is 2.77. The van der Waals surface area contributed by atoms with Gasteiger partial charge in [-0.3, -0.25) is 9.59 Å². The molecule has 12 heavy (non-hydrogen) atoms. The summed E-state index contributed by atoms with van der Waals surface area (Å²) in [6.45, 7) is 1.32. The van der Waals surface area contributed by atoms with Crippen LogP contribution in [-0.2, 0) is 11.2 Å². The molecule has 1 rings (SSSR count). The standard InChI is InChI=1S/C7H7NO4/c1-4(9)5-3-8-6(12-5)2-7(10)11/h3H,2H2,1H3,(H,10,11). The molecule has 0 bridgehead atoms. The van der Waals surface area contributed by atoms with Gasteiger partial charge < -0.3 is 9.52 Å². The highest BCUT2D eigenvalue weighted by Crippen LogP contribution is 2.04. The van der Waals surface area contributed by atoms with Crippen LogP contribution >= 0.6 is 0 Å². The van der Waals surface area contributed by atoms with Gasteiger partial charge in [-0.2, -0.15) is 0 Å². The largest absolute Gasteiger partial charge is 0.481 e. The van der Waals surface area contributed by atoms with Gasteiger partial charge in [-0.15, -0.1) is 0 Å². The molecular formula is C7H7NO4. The predicted octanol–water partition coefficient (Wildman–Crippen LogP) is 0.504. The second-order valence-corrected chi connectivity index (χ2v) is 2.24. The number of hydrogen-bond donors (Lipinski definition) is 1. The third kappa shape index (κ3) is 1.91. The molecule has 1 aromatic rings. The van der Waals surface area contributed by atoms with Crippen LogP contribution in [0.2, 0.25) is 0 Å². The van der Waals surface area contributed by atoms with Crippen molar-refractivity contribution in [2.45, 2.75) is 13.3 Å². The molecule has 0 atom stereocenters. The van der Waals surface area contributed by atoms with Crippen molar-refractivity contribution in [2.75, 3.05) is 0 Å². The van der Waals surface area contributed by atoms with Crippen LogP contribution in [0.15, 0.2) is 10.6 Å². The summed E-state index contributed by atoms with van der Waals surface area (Å²) in [7, 11) is 0. The van der Waals surface area contributed by atoms with Crippen molar-refractivity contribution in [2.24, 2.45) is 0 Å². The highest BCUT2D eigenvalue weighted by Gasteiger charge is 2.10. The summed E-state index contributed by atoms with van der Waals surface area (Å²) in [5.41, 5.74) is 0. The Morgan fingerprint density at radius 3 is 2.75 bits per heavy atom. The van der Waals surface area contributed by atoms with Gasteiger partial charge in [-0.1, -0.05) is 0 Å². The first-order valence-electron chi connectivity index (χ1n) is 3.27. The summed E-state index contributed by atoms with van der Waals surface area (Å²) in [6.07, 6.45) is 0.924. The van der Waals surface area contributed by atoms with Gasteiger partial charge in [0.25, 0.3) is 0 Å². The molecule has 0 unspecified atom stereocenters. The van der Waals surface area contributed by atoms with Crippen LogP contribution in [0.3, 0.4) is 0 Å². The second kappa shape index (κ2) is 3.17. The van der Waals surface area contributed by atoms with Gasteiger partial charge in [-0.05, 0) is 0 Å². The molecule has 0 aliphatic carbocycles. The zero-order valence-electron chi connectivity index (χ0n) is 6.40. The molecule has 0 aromatic carbocycles. The van der Waals surface area contributed by atoms with Crippen molar-refractivity contribution >= 4 is 11.8 Å². The molecule has 1 N–H and O–H groups in total. The normalized spacial score (nSPS) is 9.75. The Hall–Kier alpha value is -1.65. The van der Waals surface area contributed by atoms with E-state index in [0.717, 1.165) is 0 Å². The average molecular weight is 169 g/mol. The Labute approximate surface area is 68.0 Å². The predicted molar refractivity (Wildman–Crippen MR) is 37.8 cm³/mol. The van der Waals surface area contributed by atoms with Crippen LogP contribution in [0.5, 0.6) is 0 Å². The van der Waals surface area contributed by atoms with Gasteiger partial charge in [0.05, 0.1) is 6.20 Å². The molecule has 0 saturated heterocycles. The van der Waals surface area contributed by atoms with Gasteiger partial charge in [0.1, 0.15) is 6.42 Å². The van der Waals surface area contributed by atoms with E-state index >= 15 is 0 Å². The van der Waals surface area contributed by atoms with E-state index in [2.05, 4.69) is 4.98 Å². The molecule has 5 nitrogen and oxygen atoms in total. The third-order valence-corrected chi connectivity index (χ3v) is 1.20. The van der Waals surface area contributed by atoms with Gasteiger partial charge in [0, 0.05) is 6.92 Å². The summed E-state index contributed by atoms with van der Waals surface area (Å²) in [5, 5.41) is 8.33. The van der Waals surface area contributed by atoms with Crippen molar-refractivity contribution in [3.8, 4) is 0 Å². The van der Waals surface area contributed by atoms with E-state index in [4.69, 9.17) is 9.52 Å². The maximum atomic E-state index is 10.7. The number of aliphatic carboxylic acids is 1. The summed E-state index contributed by atoms with van der Waals surface area (Å²) >= 11 is 0. The first-order chi connectivity index (χ1) is 5.59. The van der Waals surface area contributed by atoms with Crippen molar-refractivity contribution in [1.82, 2.24) is 4.98 Å². The quantitative estimate of drug-likeness (QED) is 0.666. The van der Waals surface area contributed by atoms with E-state index in [-0.39, 0.29) is 23.9 Å². The SMILES string of the molecule is CC(=O)c1cnc(CC(=O)O)o1. The molecule has 0 fully saturated rings. The number of carbonyl (C=O) groups excluding carboxylic acids is 1. The van der Waals surface area contributed by atoms with E-state index < -0.39 is 5.97 Å². The van der Waals surface area contributed by atoms with E-state index in [1.807, 2.05) is 0 Å². The number of carbonyl (C=O) groups is 2. The zero-order chi connectivity index (χ0) is 9.14. The third-order valence-electron chi connectivity index (χ3n) is 1.20. The maximum Gasteiger partial charge on any atom is 0.312 e. The molecule has 0 aliphatic heterocycles. The van der Waals surface area contributed by atoms with E-state index in [1.165, 1.54) is 13.1 Å². The molecule has 1 aromatic heterocycles. The van der Waals surface area contributed by atoms with Crippen LogP contribution in [0, 0.1) is 0 Å². The minimum atomic E-state index is -1.04. The highest BCUT2D eigenvalue weighted by atomic mass is 16.4. The number of Topliss-reactive ketones (excluding diaryl/α,β-unsaturated/α-hetero) is 1. The lowest BCUT2D eigenvalue weighted by atomic mass is 10.4. The molecule has 0 radical (unpaired) electrons. The maximum absolute atomic E-state index is 10.7. The number of carboxylic acid groups (broad SMARTS) is 1. The molecule has 0 amide bonds. The lowest BCUT2D eigenvalue weighted by Gasteiger charge is -1.86. The fourth-order valence-corrected chi connectivity index (χ4v) is 0.684. The molecule has 64 valence electrons. The van der Waals surface area contributed by atoms with Crippen LogP contribution in [0.25, 0.3) is 0 Å². The molecular weight excluding hydrogens is 162 g/mol. The first-order valence-corrected chi connectivity index (χ1v) is 3.27. The van der Waals surface area contributed by atoms with Crippen molar-refractivity contribution < 1.29 is 19.1 Å². The van der Waals surface area contributed by atoms with E-state index in [0.29, 0.717) is 0 Å². The number of aromatic nitrogens is 1. The molecule has 0 spiro atoms. The molecule has 0 aliphatic rings. The van der Waals surface area contributed by atoms with Gasteiger partial charge in [0.2, 0.25) is 5.89 Å². The number of carboxylic acids is 1. The minimum absolute atomic E-state index is 0.0488. The summed E-state index contributed by atoms with van der Waals surface area (Å²) in [4.78, 5) is 24.4. The second-order valence-electron chi connectivity index (χ2n) is 2.24. The zero-order valence-corrected chi connectivity index (χ0v) is 6.40. The minimum Gasteiger partial charge on any atom is -0.481 e. The van der Waals surface area contributed by atoms with Crippen molar-refractivity contribution in [3.63, 3.8) is 0 Å². The first kappa shape index (κ1) is 8.45. The van der Waals surface area contributed by atoms with Crippen molar-refractivity contribution in [3.05, 3.63) is 17.8 Å². The number of ketones is 1. The number of nitrogens with zero attached hydrogens (tertiary/aromatic N) is 1. The molecule has 5 heteroatoms. The topological polar surface area (TPSA) is 80.4 Å². The van der Waals surface area contributed by atoms with E-state index in [1.54, 1.807) is 0 Å². The number of oxazole rings is 1. The van der Waals surface area contributed by atoms with Crippen molar-refractivity contribution in [1.29, 1.82) is 0 Å². The summed E-state index contributed by atoms with van der Waals surface area (Å²) in [6, 6.07) is 0. The van der Waals surface area contributed by atoms with E-state index in [9.17, 15) is 9.59 Å². The Bertz CT molecular complexity index is 315. The Morgan fingerprint density at radius 1 is 1.67 bits per heavy atom. The highest BCUT2D eigenvalue weighted by molar-refractivity contribution is 5.90. The smallest absolute Gasteiger partial charge is 0.312 e. The van der Waals surface area contributed by atoms with Gasteiger partial charge in [0.15, 0.2) is 11.5 Å². The summed E-state index contributed by atoms with van der Waals surface area (Å²) in [5.74, 6) is -1.16. The number of rotatable bonds is 3. The van der Waals surface area contributed by atoms with Crippen LogP contribution in [0.4, 0.5) is 0 Å². The van der Waals surface area contributed by atoms with Gasteiger partial charge >= 0.3 is 5.97 Å². The fraction of sp³-hybridized carbons (Fsp3) is 0.286. The van der Waals surface area contributed by atoms with Crippen LogP contribution in [0.1, 0.15) is 23.4 Å². The summed E-state index contributed by atoms with van der Waals surface area (Å²) < 4.78 is 4.81. The average Bonchev–Trinajstić information content (AvgIpc) is 2.34. The van der Waals surface area contributed by atoms with Gasteiger partial charge in [-0.25, -0.2) is 4.98 Å². The van der Waals surface area contributed by atoms with Crippen LogP contribution < -0.4 is 0 Å². The number of hydrogen-bond acceptors (Lipinski definition) is 4. The Kier molecular flexibility index (Phi) is 2.23. The molecule has 1 heterocycles. The lowest BCUT2D eigenvalue weighted by Crippen LogP contribution is -1.99. The Morgan fingerprint density at radius 2 is 2.33 bits per heavy atom. The molecule has 0 saturated carbocycles. The van der Waals surface area contributed by atoms with Crippen LogP contribution in [-0.4, -0.2) is 21.8 Å².